The first-order valence-electron chi connectivity index (χ1n) is 6.36. The van der Waals surface area contributed by atoms with Crippen LogP contribution in [0.3, 0.4) is 0 Å². The lowest BCUT2D eigenvalue weighted by Crippen LogP contribution is -2.30. The van der Waals surface area contributed by atoms with E-state index in [0.29, 0.717) is 6.42 Å². The molecule has 0 heterocycles. The summed E-state index contributed by atoms with van der Waals surface area (Å²) in [6.07, 6.45) is 4.35. The van der Waals surface area contributed by atoms with Gasteiger partial charge in [-0.15, -0.1) is 0 Å². The summed E-state index contributed by atoms with van der Waals surface area (Å²) in [6.45, 7) is 4.04. The van der Waals surface area contributed by atoms with Gasteiger partial charge in [-0.2, -0.15) is 11.8 Å². The SMILES string of the molecule is CCC(O)(CC)CSCC1(CC(=O)OC)CC1. The molecule has 0 aromatic rings. The second-order valence-electron chi connectivity index (χ2n) is 5.18. The first-order valence-corrected chi connectivity index (χ1v) is 7.51. The van der Waals surface area contributed by atoms with Gasteiger partial charge in [0, 0.05) is 5.75 Å². The van der Waals surface area contributed by atoms with Gasteiger partial charge in [0.1, 0.15) is 0 Å². The van der Waals surface area contributed by atoms with Crippen molar-refractivity contribution in [1.82, 2.24) is 0 Å². The Hall–Kier alpha value is -0.220. The molecule has 1 aliphatic carbocycles. The number of carbonyl (C=O) groups is 1. The van der Waals surface area contributed by atoms with Crippen LogP contribution in [0.4, 0.5) is 0 Å². The number of carbonyl (C=O) groups excluding carboxylic acids is 1. The first-order chi connectivity index (χ1) is 7.99. The molecule has 1 aliphatic rings. The number of ether oxygens (including phenoxy) is 1. The minimum atomic E-state index is -0.536. The van der Waals surface area contributed by atoms with Gasteiger partial charge in [-0.1, -0.05) is 13.8 Å². The molecule has 0 aromatic heterocycles. The predicted molar refractivity (Wildman–Crippen MR) is 71.2 cm³/mol. The lowest BCUT2D eigenvalue weighted by Gasteiger charge is -2.25. The maximum Gasteiger partial charge on any atom is 0.306 e. The molecule has 0 bridgehead atoms. The topological polar surface area (TPSA) is 46.5 Å². The summed E-state index contributed by atoms with van der Waals surface area (Å²) < 4.78 is 4.72. The van der Waals surface area contributed by atoms with Gasteiger partial charge in [-0.05, 0) is 36.9 Å². The average Bonchev–Trinajstić information content (AvgIpc) is 3.08. The van der Waals surface area contributed by atoms with Crippen LogP contribution < -0.4 is 0 Å². The van der Waals surface area contributed by atoms with Crippen LogP contribution in [-0.4, -0.2) is 35.3 Å². The molecule has 0 radical (unpaired) electrons. The number of aliphatic hydroxyl groups is 1. The maximum atomic E-state index is 11.3. The van der Waals surface area contributed by atoms with Gasteiger partial charge in [0.15, 0.2) is 0 Å². The van der Waals surface area contributed by atoms with Crippen LogP contribution in [0.25, 0.3) is 0 Å². The average molecular weight is 260 g/mol. The molecular formula is C13H24O3S. The molecule has 3 nitrogen and oxygen atoms in total. The smallest absolute Gasteiger partial charge is 0.306 e. The summed E-state index contributed by atoms with van der Waals surface area (Å²) >= 11 is 1.77. The van der Waals surface area contributed by atoms with Gasteiger partial charge in [0.2, 0.25) is 0 Å². The number of rotatable bonds is 8. The summed E-state index contributed by atoms with van der Waals surface area (Å²) in [5.41, 5.74) is -0.369. The van der Waals surface area contributed by atoms with Crippen LogP contribution in [0, 0.1) is 5.41 Å². The highest BCUT2D eigenvalue weighted by atomic mass is 32.2. The van der Waals surface area contributed by atoms with E-state index in [4.69, 9.17) is 4.74 Å². The molecule has 100 valence electrons. The highest BCUT2D eigenvalue weighted by Gasteiger charge is 2.44. The molecule has 0 aromatic carbocycles. The fourth-order valence-corrected chi connectivity index (χ4v) is 3.55. The highest BCUT2D eigenvalue weighted by molar-refractivity contribution is 7.99. The van der Waals surface area contributed by atoms with Crippen LogP contribution in [0.1, 0.15) is 46.0 Å². The molecule has 0 saturated heterocycles. The summed E-state index contributed by atoms with van der Waals surface area (Å²) in [7, 11) is 1.44. The summed E-state index contributed by atoms with van der Waals surface area (Å²) in [5.74, 6) is 1.62. The normalized spacial score (nSPS) is 17.9. The Kier molecular flexibility index (Phi) is 5.32. The monoisotopic (exact) mass is 260 g/mol. The predicted octanol–water partition coefficient (Wildman–Crippen LogP) is 2.61. The van der Waals surface area contributed by atoms with E-state index < -0.39 is 5.60 Å². The maximum absolute atomic E-state index is 11.3. The van der Waals surface area contributed by atoms with Gasteiger partial charge >= 0.3 is 5.97 Å². The number of thioether (sulfide) groups is 1. The minimum absolute atomic E-state index is 0.107. The molecular weight excluding hydrogens is 236 g/mol. The van der Waals surface area contributed by atoms with Crippen molar-refractivity contribution in [1.29, 1.82) is 0 Å². The molecule has 0 aliphatic heterocycles. The Morgan fingerprint density at radius 2 is 2.00 bits per heavy atom. The zero-order chi connectivity index (χ0) is 12.9. The van der Waals surface area contributed by atoms with Gasteiger partial charge in [-0.3, -0.25) is 4.79 Å². The molecule has 17 heavy (non-hydrogen) atoms. The van der Waals surface area contributed by atoms with Crippen molar-refractivity contribution in [3.63, 3.8) is 0 Å². The zero-order valence-electron chi connectivity index (χ0n) is 11.1. The number of hydrogen-bond donors (Lipinski definition) is 1. The molecule has 0 spiro atoms. The van der Waals surface area contributed by atoms with E-state index in [-0.39, 0.29) is 11.4 Å². The second-order valence-corrected chi connectivity index (χ2v) is 6.16. The largest absolute Gasteiger partial charge is 0.469 e. The molecule has 0 atom stereocenters. The highest BCUT2D eigenvalue weighted by Crippen LogP contribution is 2.51. The number of hydrogen-bond acceptors (Lipinski definition) is 4. The van der Waals surface area contributed by atoms with E-state index in [9.17, 15) is 9.90 Å². The fourth-order valence-electron chi connectivity index (χ4n) is 1.84. The van der Waals surface area contributed by atoms with E-state index in [2.05, 4.69) is 0 Å². The van der Waals surface area contributed by atoms with Crippen molar-refractivity contribution in [2.24, 2.45) is 5.41 Å². The molecule has 4 heteroatoms. The van der Waals surface area contributed by atoms with Crippen LogP contribution in [0.5, 0.6) is 0 Å². The molecule has 1 N–H and O–H groups in total. The van der Waals surface area contributed by atoms with Gasteiger partial charge < -0.3 is 9.84 Å². The number of esters is 1. The van der Waals surface area contributed by atoms with Crippen LogP contribution in [0.15, 0.2) is 0 Å². The molecule has 0 amide bonds. The second kappa shape index (κ2) is 6.10. The van der Waals surface area contributed by atoms with Crippen molar-refractivity contribution in [2.45, 2.75) is 51.6 Å². The van der Waals surface area contributed by atoms with E-state index in [1.807, 2.05) is 13.8 Å². The van der Waals surface area contributed by atoms with Crippen molar-refractivity contribution >= 4 is 17.7 Å². The van der Waals surface area contributed by atoms with Gasteiger partial charge in [0.05, 0.1) is 19.1 Å². The third kappa shape index (κ3) is 4.51. The summed E-state index contributed by atoms with van der Waals surface area (Å²) in [5, 5.41) is 10.2. The van der Waals surface area contributed by atoms with Crippen LogP contribution >= 0.6 is 11.8 Å². The Morgan fingerprint density at radius 1 is 1.41 bits per heavy atom. The fraction of sp³-hybridized carbons (Fsp3) is 0.923. The van der Waals surface area contributed by atoms with Crippen molar-refractivity contribution in [2.75, 3.05) is 18.6 Å². The van der Waals surface area contributed by atoms with E-state index in [1.165, 1.54) is 7.11 Å². The third-order valence-electron chi connectivity index (χ3n) is 3.80. The van der Waals surface area contributed by atoms with Crippen LogP contribution in [-0.2, 0) is 9.53 Å². The van der Waals surface area contributed by atoms with Gasteiger partial charge in [0.25, 0.3) is 0 Å². The number of methoxy groups -OCH3 is 1. The summed E-state index contributed by atoms with van der Waals surface area (Å²) in [4.78, 5) is 11.3. The standard InChI is InChI=1S/C13H24O3S/c1-4-13(15,5-2)10-17-9-12(6-7-12)8-11(14)16-3/h15H,4-10H2,1-3H3. The molecule has 1 fully saturated rings. The van der Waals surface area contributed by atoms with Crippen LogP contribution in [0.2, 0.25) is 0 Å². The Labute approximate surface area is 108 Å². The molecule has 1 saturated carbocycles. The zero-order valence-corrected chi connectivity index (χ0v) is 11.9. The van der Waals surface area contributed by atoms with E-state index >= 15 is 0 Å². The Morgan fingerprint density at radius 3 is 2.41 bits per heavy atom. The first kappa shape index (κ1) is 14.8. The summed E-state index contributed by atoms with van der Waals surface area (Å²) in [6, 6.07) is 0. The lowest BCUT2D eigenvalue weighted by atomic mass is 10.0. The van der Waals surface area contributed by atoms with Crippen molar-refractivity contribution in [3.8, 4) is 0 Å². The van der Waals surface area contributed by atoms with E-state index in [1.54, 1.807) is 11.8 Å². The molecule has 1 rings (SSSR count). The van der Waals surface area contributed by atoms with Gasteiger partial charge in [-0.25, -0.2) is 0 Å². The Balaban J connectivity index is 2.29. The third-order valence-corrected chi connectivity index (χ3v) is 5.36. The van der Waals surface area contributed by atoms with Crippen molar-refractivity contribution < 1.29 is 14.6 Å². The van der Waals surface area contributed by atoms with E-state index in [0.717, 1.165) is 37.2 Å². The van der Waals surface area contributed by atoms with Crippen molar-refractivity contribution in [3.05, 3.63) is 0 Å². The Bertz CT molecular complexity index is 257. The minimum Gasteiger partial charge on any atom is -0.469 e. The molecule has 0 unspecified atom stereocenters. The quantitative estimate of drug-likeness (QED) is 0.681. The lowest BCUT2D eigenvalue weighted by molar-refractivity contribution is -0.141.